The van der Waals surface area contributed by atoms with Gasteiger partial charge in [0, 0.05) is 5.56 Å². The fourth-order valence-corrected chi connectivity index (χ4v) is 2.24. The standard InChI is InChI=1S/C15H15N3O2/c1-3-20-12-9-13(19)18-15(16-12)10(2)14(17-18)11-7-5-4-6-8-11/h4-9,17H,3H2,1-2H3. The first-order valence-electron chi connectivity index (χ1n) is 6.51. The number of rotatable bonds is 3. The summed E-state index contributed by atoms with van der Waals surface area (Å²) < 4.78 is 6.77. The molecule has 0 unspecified atom stereocenters. The highest BCUT2D eigenvalue weighted by Crippen LogP contribution is 2.24. The normalized spacial score (nSPS) is 10.9. The van der Waals surface area contributed by atoms with Crippen molar-refractivity contribution in [3.8, 4) is 17.1 Å². The Labute approximate surface area is 115 Å². The van der Waals surface area contributed by atoms with E-state index in [1.165, 1.54) is 10.6 Å². The number of nitrogens with one attached hydrogen (secondary N) is 1. The number of aromatic amines is 1. The predicted molar refractivity (Wildman–Crippen MR) is 77.2 cm³/mol. The van der Waals surface area contributed by atoms with Gasteiger partial charge in [-0.25, -0.2) is 4.52 Å². The summed E-state index contributed by atoms with van der Waals surface area (Å²) in [5, 5.41) is 3.10. The van der Waals surface area contributed by atoms with Gasteiger partial charge in [-0.3, -0.25) is 9.89 Å². The summed E-state index contributed by atoms with van der Waals surface area (Å²) in [5.41, 5.74) is 3.26. The molecule has 0 spiro atoms. The van der Waals surface area contributed by atoms with Gasteiger partial charge >= 0.3 is 0 Å². The minimum atomic E-state index is -0.177. The molecule has 20 heavy (non-hydrogen) atoms. The van der Waals surface area contributed by atoms with E-state index in [4.69, 9.17) is 4.74 Å². The Morgan fingerprint density at radius 2 is 2.05 bits per heavy atom. The van der Waals surface area contributed by atoms with E-state index in [9.17, 15) is 4.79 Å². The molecular formula is C15H15N3O2. The van der Waals surface area contributed by atoms with Crippen LogP contribution in [0.3, 0.4) is 0 Å². The Morgan fingerprint density at radius 1 is 1.30 bits per heavy atom. The predicted octanol–water partition coefficient (Wildman–Crippen LogP) is 2.40. The summed E-state index contributed by atoms with van der Waals surface area (Å²) in [6.07, 6.45) is 0. The fraction of sp³-hybridized carbons (Fsp3) is 0.200. The Bertz CT molecular complexity index is 803. The first kappa shape index (κ1) is 12.5. The molecule has 0 bridgehead atoms. The molecule has 0 atom stereocenters. The molecule has 102 valence electrons. The van der Waals surface area contributed by atoms with E-state index < -0.39 is 0 Å². The second-order valence-electron chi connectivity index (χ2n) is 4.50. The van der Waals surface area contributed by atoms with Crippen LogP contribution in [0.1, 0.15) is 12.5 Å². The molecule has 3 aromatic rings. The van der Waals surface area contributed by atoms with Crippen molar-refractivity contribution in [2.45, 2.75) is 13.8 Å². The van der Waals surface area contributed by atoms with Crippen LogP contribution in [-0.4, -0.2) is 21.2 Å². The Kier molecular flexibility index (Phi) is 3.02. The van der Waals surface area contributed by atoms with Gasteiger partial charge in [0.15, 0.2) is 5.65 Å². The molecule has 2 aromatic heterocycles. The molecule has 0 fully saturated rings. The summed E-state index contributed by atoms with van der Waals surface area (Å²) in [4.78, 5) is 16.5. The molecule has 0 aliphatic rings. The first-order valence-corrected chi connectivity index (χ1v) is 6.51. The monoisotopic (exact) mass is 269 g/mol. The smallest absolute Gasteiger partial charge is 0.276 e. The van der Waals surface area contributed by atoms with Crippen LogP contribution in [0.4, 0.5) is 0 Å². The zero-order chi connectivity index (χ0) is 14.1. The number of fused-ring (bicyclic) bond motifs is 1. The van der Waals surface area contributed by atoms with E-state index in [1.54, 1.807) is 0 Å². The van der Waals surface area contributed by atoms with E-state index in [2.05, 4.69) is 10.1 Å². The lowest BCUT2D eigenvalue weighted by molar-refractivity contribution is 0.326. The molecule has 0 saturated carbocycles. The average Bonchev–Trinajstić information content (AvgIpc) is 2.79. The summed E-state index contributed by atoms with van der Waals surface area (Å²) in [5.74, 6) is 0.360. The largest absolute Gasteiger partial charge is 0.478 e. The second kappa shape index (κ2) is 4.85. The lowest BCUT2D eigenvalue weighted by atomic mass is 10.1. The third-order valence-corrected chi connectivity index (χ3v) is 3.18. The highest BCUT2D eigenvalue weighted by atomic mass is 16.5. The van der Waals surface area contributed by atoms with Crippen molar-refractivity contribution in [2.24, 2.45) is 0 Å². The fourth-order valence-electron chi connectivity index (χ4n) is 2.24. The van der Waals surface area contributed by atoms with Crippen LogP contribution < -0.4 is 10.3 Å². The van der Waals surface area contributed by atoms with Crippen molar-refractivity contribution in [3.05, 3.63) is 52.3 Å². The van der Waals surface area contributed by atoms with Crippen LogP contribution in [0, 0.1) is 6.92 Å². The highest BCUT2D eigenvalue weighted by molar-refractivity contribution is 5.70. The molecule has 0 radical (unpaired) electrons. The van der Waals surface area contributed by atoms with Crippen LogP contribution >= 0.6 is 0 Å². The Morgan fingerprint density at radius 3 is 2.75 bits per heavy atom. The number of aromatic nitrogens is 3. The molecule has 3 rings (SSSR count). The van der Waals surface area contributed by atoms with Gasteiger partial charge in [0.05, 0.1) is 18.4 Å². The van der Waals surface area contributed by atoms with Gasteiger partial charge < -0.3 is 4.74 Å². The lowest BCUT2D eigenvalue weighted by Gasteiger charge is -2.01. The first-order chi connectivity index (χ1) is 9.70. The minimum Gasteiger partial charge on any atom is -0.478 e. The van der Waals surface area contributed by atoms with E-state index >= 15 is 0 Å². The van der Waals surface area contributed by atoms with Gasteiger partial charge in [-0.15, -0.1) is 0 Å². The molecule has 0 saturated heterocycles. The highest BCUT2D eigenvalue weighted by Gasteiger charge is 2.13. The number of H-pyrrole nitrogens is 1. The topological polar surface area (TPSA) is 59.4 Å². The second-order valence-corrected chi connectivity index (χ2v) is 4.50. The maximum absolute atomic E-state index is 12.1. The van der Waals surface area contributed by atoms with Gasteiger partial charge in [-0.2, -0.15) is 4.98 Å². The molecule has 0 aliphatic carbocycles. The molecule has 1 N–H and O–H groups in total. The zero-order valence-corrected chi connectivity index (χ0v) is 11.4. The van der Waals surface area contributed by atoms with Crippen molar-refractivity contribution in [1.29, 1.82) is 0 Å². The van der Waals surface area contributed by atoms with E-state index in [1.807, 2.05) is 44.2 Å². The maximum atomic E-state index is 12.1. The number of ether oxygens (including phenoxy) is 1. The van der Waals surface area contributed by atoms with Crippen molar-refractivity contribution in [2.75, 3.05) is 6.61 Å². The van der Waals surface area contributed by atoms with E-state index in [0.29, 0.717) is 18.1 Å². The average molecular weight is 269 g/mol. The molecule has 5 nitrogen and oxygen atoms in total. The van der Waals surface area contributed by atoms with Crippen LogP contribution in [-0.2, 0) is 0 Å². The summed E-state index contributed by atoms with van der Waals surface area (Å²) >= 11 is 0. The van der Waals surface area contributed by atoms with Gasteiger partial charge in [-0.1, -0.05) is 30.3 Å². The Balaban J connectivity index is 2.25. The lowest BCUT2D eigenvalue weighted by Crippen LogP contribution is -2.14. The molecule has 0 aliphatic heterocycles. The molecule has 0 amide bonds. The molecule has 5 heteroatoms. The summed E-state index contributed by atoms with van der Waals surface area (Å²) in [6.45, 7) is 4.29. The minimum absolute atomic E-state index is 0.177. The van der Waals surface area contributed by atoms with E-state index in [0.717, 1.165) is 16.8 Å². The number of aryl methyl sites for hydroxylation is 1. The molecule has 1 aromatic carbocycles. The van der Waals surface area contributed by atoms with E-state index in [-0.39, 0.29) is 5.56 Å². The number of nitrogens with zero attached hydrogens (tertiary/aromatic N) is 2. The van der Waals surface area contributed by atoms with Gasteiger partial charge in [-0.05, 0) is 19.4 Å². The van der Waals surface area contributed by atoms with Crippen molar-refractivity contribution < 1.29 is 4.74 Å². The molecular weight excluding hydrogens is 254 g/mol. The van der Waals surface area contributed by atoms with Crippen LogP contribution in [0.15, 0.2) is 41.2 Å². The van der Waals surface area contributed by atoms with Crippen molar-refractivity contribution >= 4 is 5.65 Å². The van der Waals surface area contributed by atoms with Gasteiger partial charge in [0.1, 0.15) is 0 Å². The van der Waals surface area contributed by atoms with Crippen LogP contribution in [0.5, 0.6) is 5.88 Å². The number of benzene rings is 1. The maximum Gasteiger partial charge on any atom is 0.276 e. The molecule has 2 heterocycles. The Hall–Kier alpha value is -2.56. The zero-order valence-electron chi connectivity index (χ0n) is 11.4. The third kappa shape index (κ3) is 1.97. The SMILES string of the molecule is CCOc1cc(=O)n2[nH]c(-c3ccccc3)c(C)c2n1. The quantitative estimate of drug-likeness (QED) is 0.794. The van der Waals surface area contributed by atoms with Crippen LogP contribution in [0.2, 0.25) is 0 Å². The van der Waals surface area contributed by atoms with Crippen LogP contribution in [0.25, 0.3) is 16.9 Å². The van der Waals surface area contributed by atoms with Crippen molar-refractivity contribution in [1.82, 2.24) is 14.6 Å². The number of hydrogen-bond acceptors (Lipinski definition) is 3. The summed E-state index contributed by atoms with van der Waals surface area (Å²) in [6, 6.07) is 11.3. The van der Waals surface area contributed by atoms with Gasteiger partial charge in [0.25, 0.3) is 5.56 Å². The third-order valence-electron chi connectivity index (χ3n) is 3.18. The van der Waals surface area contributed by atoms with Gasteiger partial charge in [0.2, 0.25) is 5.88 Å². The summed E-state index contributed by atoms with van der Waals surface area (Å²) in [7, 11) is 0. The number of hydrogen-bond donors (Lipinski definition) is 1. The van der Waals surface area contributed by atoms with Crippen molar-refractivity contribution in [3.63, 3.8) is 0 Å².